The van der Waals surface area contributed by atoms with E-state index in [4.69, 9.17) is 30.0 Å². The Balaban J connectivity index is 1.05. The van der Waals surface area contributed by atoms with E-state index in [-0.39, 0.29) is 16.7 Å². The van der Waals surface area contributed by atoms with Crippen LogP contribution in [0.15, 0.2) is 249 Å². The predicted molar refractivity (Wildman–Crippen MR) is 346 cm³/mol. The van der Waals surface area contributed by atoms with Gasteiger partial charge >= 0.3 is 0 Å². The minimum Gasteiger partial charge on any atom is -0.322 e. The van der Waals surface area contributed by atoms with Crippen molar-refractivity contribution in [2.45, 2.75) is 41.5 Å². The van der Waals surface area contributed by atoms with Crippen molar-refractivity contribution < 1.29 is 14.4 Å². The third kappa shape index (κ3) is 15.9. The van der Waals surface area contributed by atoms with Gasteiger partial charge in [0.05, 0.1) is 103 Å². The van der Waals surface area contributed by atoms with Crippen LogP contribution in [0.4, 0.5) is 51.2 Å². The van der Waals surface area contributed by atoms with Gasteiger partial charge in [-0.3, -0.25) is 74.2 Å². The van der Waals surface area contributed by atoms with Crippen molar-refractivity contribution in [1.82, 2.24) is 29.9 Å². The van der Waals surface area contributed by atoms with Crippen molar-refractivity contribution in [3.63, 3.8) is 0 Å². The van der Waals surface area contributed by atoms with E-state index in [9.17, 15) is 14.4 Å². The number of carbonyl (C=O) groups is 3. The van der Waals surface area contributed by atoms with Crippen molar-refractivity contribution in [3.05, 3.63) is 270 Å². The fraction of sp³-hybridized carbons (Fsp3) is 0.0870. The van der Waals surface area contributed by atoms with Crippen LogP contribution in [0.25, 0.3) is 0 Å². The second kappa shape index (κ2) is 27.5. The van der Waals surface area contributed by atoms with Crippen molar-refractivity contribution in [3.8, 4) is 0 Å². The maximum Gasteiger partial charge on any atom is 0.255 e. The molecule has 0 spiro atoms. The molecular formula is C69H57N15O3. The van der Waals surface area contributed by atoms with Crippen molar-refractivity contribution in [1.29, 1.82) is 0 Å². The van der Waals surface area contributed by atoms with Gasteiger partial charge in [-0.25, -0.2) is 0 Å². The molecule has 18 nitrogen and oxygen atoms in total. The maximum atomic E-state index is 14.9. The average molecular weight is 1140 g/mol. The van der Waals surface area contributed by atoms with Crippen LogP contribution in [-0.2, 0) is 0 Å². The number of pyridine rings is 6. The largest absolute Gasteiger partial charge is 0.322 e. The summed E-state index contributed by atoms with van der Waals surface area (Å²) in [7, 11) is 0. The molecule has 3 amide bonds. The quantitative estimate of drug-likeness (QED) is 0.0691. The summed E-state index contributed by atoms with van der Waals surface area (Å²) in [5, 5.41) is 9.01. The Morgan fingerprint density at radius 3 is 0.609 bits per heavy atom. The first-order chi connectivity index (χ1) is 42.2. The number of aromatic nitrogens is 6. The highest BCUT2D eigenvalue weighted by Gasteiger charge is 2.20. The van der Waals surface area contributed by atoms with Crippen LogP contribution in [0.5, 0.6) is 0 Å². The van der Waals surface area contributed by atoms with Crippen LogP contribution in [-0.4, -0.2) is 81.9 Å². The lowest BCUT2D eigenvalue weighted by Gasteiger charge is -2.14. The van der Waals surface area contributed by atoms with Crippen molar-refractivity contribution >= 4 is 103 Å². The lowest BCUT2D eigenvalue weighted by Crippen LogP contribution is -2.19. The van der Waals surface area contributed by atoms with Gasteiger partial charge in [0.1, 0.15) is 0 Å². The van der Waals surface area contributed by atoms with Gasteiger partial charge in [0.2, 0.25) is 0 Å². The molecule has 0 aliphatic heterocycles. The second-order valence-corrected chi connectivity index (χ2v) is 19.8. The van der Waals surface area contributed by atoms with Gasteiger partial charge in [0, 0.05) is 70.9 Å². The molecule has 0 saturated heterocycles. The predicted octanol–water partition coefficient (Wildman–Crippen LogP) is 14.7. The molecule has 0 radical (unpaired) electrons. The summed E-state index contributed by atoms with van der Waals surface area (Å²) in [5.74, 6) is -1.95. The minimum atomic E-state index is -0.649. The molecule has 87 heavy (non-hydrogen) atoms. The molecule has 4 aromatic carbocycles. The molecule has 426 valence electrons. The number of carbonyl (C=O) groups excluding carboxylic acids is 3. The molecule has 3 N–H and O–H groups in total. The number of nitrogens with zero attached hydrogens (tertiary/aromatic N) is 12. The van der Waals surface area contributed by atoms with E-state index in [1.165, 1.54) is 18.2 Å². The van der Waals surface area contributed by atoms with Crippen LogP contribution in [0.1, 0.15) is 107 Å². The molecule has 10 rings (SSSR count). The number of rotatable bonds is 18. The number of anilines is 3. The highest BCUT2D eigenvalue weighted by atomic mass is 16.2. The third-order valence-electron chi connectivity index (χ3n) is 13.2. The highest BCUT2D eigenvalue weighted by molar-refractivity contribution is 6.14. The van der Waals surface area contributed by atoms with E-state index < -0.39 is 17.7 Å². The van der Waals surface area contributed by atoms with Crippen molar-refractivity contribution in [2.24, 2.45) is 30.0 Å². The van der Waals surface area contributed by atoms with E-state index in [0.29, 0.717) is 120 Å². The van der Waals surface area contributed by atoms with Crippen LogP contribution >= 0.6 is 0 Å². The first-order valence-electron chi connectivity index (χ1n) is 27.6. The van der Waals surface area contributed by atoms with Crippen LogP contribution in [0.2, 0.25) is 0 Å². The summed E-state index contributed by atoms with van der Waals surface area (Å²) in [6.45, 7) is 11.0. The molecule has 0 unspecified atom stereocenters. The Morgan fingerprint density at radius 1 is 0.264 bits per heavy atom. The smallest absolute Gasteiger partial charge is 0.255 e. The maximum absolute atomic E-state index is 14.9. The second-order valence-electron chi connectivity index (χ2n) is 19.8. The summed E-state index contributed by atoms with van der Waals surface area (Å²) < 4.78 is 0. The van der Waals surface area contributed by atoms with E-state index in [2.05, 4.69) is 45.9 Å². The summed E-state index contributed by atoms with van der Waals surface area (Å²) in [6.07, 6.45) is 10.1. The van der Waals surface area contributed by atoms with Gasteiger partial charge in [0.25, 0.3) is 17.7 Å². The zero-order valence-electron chi connectivity index (χ0n) is 48.4. The summed E-state index contributed by atoms with van der Waals surface area (Å²) in [6, 6.07) is 53.1. The lowest BCUT2D eigenvalue weighted by atomic mass is 10.0. The van der Waals surface area contributed by atoms with Crippen LogP contribution in [0, 0.1) is 0 Å². The zero-order chi connectivity index (χ0) is 60.7. The van der Waals surface area contributed by atoms with Crippen molar-refractivity contribution in [2.75, 3.05) is 16.0 Å². The normalized spacial score (nSPS) is 12.3. The molecule has 0 aliphatic carbocycles. The Bertz CT molecular complexity index is 3670. The van der Waals surface area contributed by atoms with E-state index in [1.807, 2.05) is 151 Å². The zero-order valence-corrected chi connectivity index (χ0v) is 48.4. The van der Waals surface area contributed by atoms with Crippen LogP contribution < -0.4 is 16.0 Å². The number of benzene rings is 4. The molecule has 0 aliphatic rings. The Labute approximate surface area is 502 Å². The molecule has 6 heterocycles. The molecular weight excluding hydrogens is 1090 g/mol. The molecule has 18 heteroatoms. The molecule has 6 aromatic heterocycles. The number of hydrogen-bond donors (Lipinski definition) is 3. The SMILES string of the molecule is CC(=Nc1cc(N=C(C)c2ccccn2)cc(NC(=O)c2cc(C(=O)Nc3cc(N=C(C)c4ccccn4)cc(N=C(C)c4ccccn4)c3)cc(C(=O)Nc3cc(N=C(C)c4ccccn4)cc(N=C(C)c4ccccn4)c3)c2)c1)c1ccccn1. The fourth-order valence-electron chi connectivity index (χ4n) is 8.99. The molecule has 0 fully saturated rings. The first-order valence-corrected chi connectivity index (χ1v) is 27.6. The lowest BCUT2D eigenvalue weighted by molar-refractivity contribution is 0.102. The van der Waals surface area contributed by atoms with Crippen LogP contribution in [0.3, 0.4) is 0 Å². The topological polar surface area (TPSA) is 239 Å². The fourth-order valence-corrected chi connectivity index (χ4v) is 8.99. The number of nitrogens with one attached hydrogen (secondary N) is 3. The van der Waals surface area contributed by atoms with E-state index in [1.54, 1.807) is 91.8 Å². The monoisotopic (exact) mass is 1140 g/mol. The molecule has 0 atom stereocenters. The minimum absolute atomic E-state index is 0.0256. The third-order valence-corrected chi connectivity index (χ3v) is 13.2. The van der Waals surface area contributed by atoms with Gasteiger partial charge < -0.3 is 16.0 Å². The Morgan fingerprint density at radius 2 is 0.448 bits per heavy atom. The molecule has 10 aromatic rings. The summed E-state index contributed by atoms with van der Waals surface area (Å²) in [4.78, 5) is 101. The number of hydrogen-bond acceptors (Lipinski definition) is 15. The molecule has 0 bridgehead atoms. The van der Waals surface area contributed by atoms with Gasteiger partial charge in [-0.1, -0.05) is 36.4 Å². The Kier molecular flexibility index (Phi) is 18.5. The van der Waals surface area contributed by atoms with Gasteiger partial charge in [-0.2, -0.15) is 0 Å². The van der Waals surface area contributed by atoms with Gasteiger partial charge in [-0.15, -0.1) is 0 Å². The highest BCUT2D eigenvalue weighted by Crippen LogP contribution is 2.33. The van der Waals surface area contributed by atoms with Gasteiger partial charge in [0.15, 0.2) is 0 Å². The van der Waals surface area contributed by atoms with E-state index >= 15 is 0 Å². The number of amides is 3. The summed E-state index contributed by atoms with van der Waals surface area (Å²) in [5.41, 5.74) is 11.4. The molecule has 0 saturated carbocycles. The first kappa shape index (κ1) is 58.4. The van der Waals surface area contributed by atoms with Gasteiger partial charge in [-0.05, 0) is 187 Å². The number of aliphatic imine (C=N–C) groups is 6. The average Bonchev–Trinajstić information content (AvgIpc) is 3.19. The summed E-state index contributed by atoms with van der Waals surface area (Å²) >= 11 is 0. The Hall–Kier alpha value is -11.8. The van der Waals surface area contributed by atoms with E-state index in [0.717, 1.165) is 0 Å². The standard InChI is InChI=1S/C69H57N15O3/c1-43(61-19-7-13-25-70-61)76-52-34-53(77-44(2)62-20-8-14-26-71-62)38-58(37-52)82-67(85)49-31-50(68(86)83-59-39-54(78-45(3)63-21-9-15-27-72-63)35-55(40-59)79-46(4)64-22-10-16-28-73-64)33-51(32-49)69(87)84-60-41-56(80-47(5)65-23-11-17-29-74-65)36-57(42-60)81-48(6)66-24-12-18-30-75-66/h7-42H,1-6H3,(H,82,85)(H,83,86)(H,84,87).